The van der Waals surface area contributed by atoms with Crippen molar-refractivity contribution in [3.8, 4) is 0 Å². The van der Waals surface area contributed by atoms with Crippen molar-refractivity contribution in [3.05, 3.63) is 28.7 Å². The first-order valence-electron chi connectivity index (χ1n) is 3.99. The van der Waals surface area contributed by atoms with Gasteiger partial charge in [0.25, 0.3) is 5.69 Å². The van der Waals surface area contributed by atoms with Gasteiger partial charge in [-0.25, -0.2) is 0 Å². The Balaban J connectivity index is 2.58. The lowest BCUT2D eigenvalue weighted by molar-refractivity contribution is -0.506. The molecule has 0 unspecified atom stereocenters. The number of hydrogen-bond donors (Lipinski definition) is 1. The van der Waals surface area contributed by atoms with E-state index < -0.39 is 0 Å². The Kier molecular flexibility index (Phi) is 1.49. The number of H-pyrrole nitrogens is 1. The van der Waals surface area contributed by atoms with E-state index in [0.717, 1.165) is 35.1 Å². The highest BCUT2D eigenvalue weighted by Crippen LogP contribution is 2.13. The number of aromatic nitrogens is 2. The maximum absolute atomic E-state index is 11.2. The minimum absolute atomic E-state index is 0.927. The molecule has 1 aliphatic carbocycles. The highest BCUT2D eigenvalue weighted by Gasteiger charge is 2.18. The van der Waals surface area contributed by atoms with Gasteiger partial charge in [0.1, 0.15) is 0 Å². The van der Waals surface area contributed by atoms with Gasteiger partial charge < -0.3 is 4.98 Å². The van der Waals surface area contributed by atoms with Crippen molar-refractivity contribution >= 4 is 0 Å². The molecule has 0 fully saturated rings. The van der Waals surface area contributed by atoms with Crippen molar-refractivity contribution in [2.75, 3.05) is 0 Å². The first kappa shape index (κ1) is 6.58. The topological polar surface area (TPSA) is 38.8 Å². The van der Waals surface area contributed by atoms with Gasteiger partial charge in [-0.05, 0) is 19.3 Å². The lowest BCUT2D eigenvalue weighted by Gasteiger charge is -2.06. The van der Waals surface area contributed by atoms with Crippen LogP contribution in [0.25, 0.3) is 0 Å². The summed E-state index contributed by atoms with van der Waals surface area (Å²) in [4.78, 5) is 14.3. The highest BCUT2D eigenvalue weighted by molar-refractivity contribution is 5.08. The maximum Gasteiger partial charge on any atom is 0.258 e. The molecule has 1 N–H and O–H groups in total. The molecule has 0 aliphatic heterocycles. The Hall–Kier alpha value is -1.12. The van der Waals surface area contributed by atoms with Crippen LogP contribution in [-0.2, 0) is 12.8 Å². The second-order valence-electron chi connectivity index (χ2n) is 2.92. The monoisotopic (exact) mass is 151 g/mol. The third-order valence-electron chi connectivity index (χ3n) is 2.17. The van der Waals surface area contributed by atoms with Crippen molar-refractivity contribution in [2.45, 2.75) is 25.7 Å². The number of aromatic amines is 1. The number of nitrogens with one attached hydrogen (secondary N) is 1. The zero-order valence-corrected chi connectivity index (χ0v) is 6.34. The van der Waals surface area contributed by atoms with Crippen LogP contribution in [0.4, 0.5) is 0 Å². The van der Waals surface area contributed by atoms with Crippen molar-refractivity contribution in [3.63, 3.8) is 0 Å². The van der Waals surface area contributed by atoms with Crippen LogP contribution >= 0.6 is 0 Å². The van der Waals surface area contributed by atoms with E-state index in [-0.39, 0.29) is 0 Å². The van der Waals surface area contributed by atoms with Crippen LogP contribution in [-0.4, -0.2) is 4.98 Å². The summed E-state index contributed by atoms with van der Waals surface area (Å²) in [7, 11) is 0. The molecule has 3 nitrogen and oxygen atoms in total. The summed E-state index contributed by atoms with van der Waals surface area (Å²) in [6, 6.07) is 0. The average Bonchev–Trinajstić information content (AvgIpc) is 2.06. The summed E-state index contributed by atoms with van der Waals surface area (Å²) >= 11 is 0. The Labute approximate surface area is 64.7 Å². The molecule has 0 radical (unpaired) electrons. The van der Waals surface area contributed by atoms with Gasteiger partial charge >= 0.3 is 0 Å². The lowest BCUT2D eigenvalue weighted by atomic mass is 10.0. The fourth-order valence-corrected chi connectivity index (χ4v) is 1.58. The molecule has 11 heavy (non-hydrogen) atoms. The second kappa shape index (κ2) is 2.49. The van der Waals surface area contributed by atoms with Gasteiger partial charge in [0.2, 0.25) is 6.20 Å². The molecule has 0 atom stereocenters. The average molecular weight is 151 g/mol. The maximum atomic E-state index is 11.2. The Morgan fingerprint density at radius 1 is 1.36 bits per heavy atom. The van der Waals surface area contributed by atoms with Crippen molar-refractivity contribution in [1.29, 1.82) is 0 Å². The van der Waals surface area contributed by atoms with Gasteiger partial charge in [0.15, 0.2) is 0 Å². The predicted molar refractivity (Wildman–Crippen MR) is 40.8 cm³/mol. The normalized spacial score (nSPS) is 16.0. The minimum Gasteiger partial charge on any atom is -0.355 e. The van der Waals surface area contributed by atoms with Crippen LogP contribution < -0.4 is 4.43 Å². The van der Waals surface area contributed by atoms with Gasteiger partial charge in [-0.15, -0.1) is 0 Å². The smallest absolute Gasteiger partial charge is 0.258 e. The molecule has 0 aromatic carbocycles. The van der Waals surface area contributed by atoms with Crippen LogP contribution in [0.2, 0.25) is 0 Å². The summed E-state index contributed by atoms with van der Waals surface area (Å²) in [6.45, 7) is 0. The summed E-state index contributed by atoms with van der Waals surface area (Å²) in [6.07, 6.45) is 7.54. The van der Waals surface area contributed by atoms with Crippen LogP contribution in [0.3, 0.4) is 0 Å². The molecule has 1 aliphatic rings. The SMILES string of the molecule is O=[n+]1cc[nH]c2c1CCCC2. The summed E-state index contributed by atoms with van der Waals surface area (Å²) in [5.41, 5.74) is 2.05. The first-order valence-corrected chi connectivity index (χ1v) is 3.99. The highest BCUT2D eigenvalue weighted by atomic mass is 16.3. The van der Waals surface area contributed by atoms with Gasteiger partial charge in [-0.2, -0.15) is 0 Å². The third-order valence-corrected chi connectivity index (χ3v) is 2.17. The zero-order valence-electron chi connectivity index (χ0n) is 6.34. The molecule has 1 aromatic rings. The lowest BCUT2D eigenvalue weighted by Crippen LogP contribution is -2.25. The molecule has 0 bridgehead atoms. The van der Waals surface area contributed by atoms with Gasteiger partial charge in [0, 0.05) is 11.3 Å². The van der Waals surface area contributed by atoms with Crippen molar-refractivity contribution in [2.24, 2.45) is 0 Å². The zero-order chi connectivity index (χ0) is 7.68. The molecule has 1 aromatic heterocycles. The Morgan fingerprint density at radius 2 is 2.18 bits per heavy atom. The molecule has 0 saturated heterocycles. The van der Waals surface area contributed by atoms with E-state index in [1.54, 1.807) is 6.20 Å². The number of rotatable bonds is 0. The molecular formula is C8H11N2O+. The fourth-order valence-electron chi connectivity index (χ4n) is 1.58. The van der Waals surface area contributed by atoms with Gasteiger partial charge in [-0.1, -0.05) is 0 Å². The van der Waals surface area contributed by atoms with Gasteiger partial charge in [-0.3, -0.25) is 0 Å². The number of aryl methyl sites for hydroxylation is 1. The van der Waals surface area contributed by atoms with Crippen LogP contribution in [0.1, 0.15) is 24.2 Å². The van der Waals surface area contributed by atoms with E-state index in [0.29, 0.717) is 0 Å². The standard InChI is InChI=1S/C8H11N2O/c11-10-6-5-9-7-3-1-2-4-8(7)10/h5-6H,1-4H2,(H,9,11)/q+1. The van der Waals surface area contributed by atoms with Gasteiger partial charge in [0.05, 0.1) is 16.3 Å². The molecule has 0 saturated carbocycles. The van der Waals surface area contributed by atoms with Crippen LogP contribution in [0, 0.1) is 4.91 Å². The van der Waals surface area contributed by atoms with Crippen LogP contribution in [0.5, 0.6) is 0 Å². The van der Waals surface area contributed by atoms with E-state index in [4.69, 9.17) is 0 Å². The number of fused-ring (bicyclic) bond motifs is 1. The van der Waals surface area contributed by atoms with E-state index in [1.807, 2.05) is 0 Å². The minimum atomic E-state index is 0.927. The molecule has 2 rings (SSSR count). The van der Waals surface area contributed by atoms with E-state index in [9.17, 15) is 4.91 Å². The Bertz CT molecular complexity index is 316. The quantitative estimate of drug-likeness (QED) is 0.547. The fraction of sp³-hybridized carbons (Fsp3) is 0.500. The predicted octanol–water partition coefficient (Wildman–Crippen LogP) is 0.808. The van der Waals surface area contributed by atoms with E-state index >= 15 is 0 Å². The summed E-state index contributed by atoms with van der Waals surface area (Å²) in [5, 5.41) is 0. The summed E-state index contributed by atoms with van der Waals surface area (Å²) < 4.78 is 0.977. The third kappa shape index (κ3) is 1.06. The molecule has 58 valence electrons. The molecule has 3 heteroatoms. The van der Waals surface area contributed by atoms with E-state index in [2.05, 4.69) is 4.98 Å². The largest absolute Gasteiger partial charge is 0.355 e. The molecule has 1 heterocycles. The molecule has 0 spiro atoms. The number of hydrogen-bond acceptors (Lipinski definition) is 1. The molecular weight excluding hydrogens is 140 g/mol. The summed E-state index contributed by atoms with van der Waals surface area (Å²) in [5.74, 6) is 0. The Morgan fingerprint density at radius 3 is 3.00 bits per heavy atom. The van der Waals surface area contributed by atoms with E-state index in [1.165, 1.54) is 12.6 Å². The van der Waals surface area contributed by atoms with Crippen molar-refractivity contribution in [1.82, 2.24) is 4.98 Å². The van der Waals surface area contributed by atoms with Crippen LogP contribution in [0.15, 0.2) is 12.4 Å². The second-order valence-corrected chi connectivity index (χ2v) is 2.92. The number of nitrogens with zero attached hydrogens (tertiary/aromatic N) is 1. The van der Waals surface area contributed by atoms with Crippen molar-refractivity contribution < 1.29 is 4.43 Å². The first-order chi connectivity index (χ1) is 5.38. The molecule has 0 amide bonds.